The highest BCUT2D eigenvalue weighted by molar-refractivity contribution is 7.98. The van der Waals surface area contributed by atoms with Crippen molar-refractivity contribution in [2.45, 2.75) is 30.3 Å². The number of sulfonamides is 1. The lowest BCUT2D eigenvalue weighted by Gasteiger charge is -2.21. The quantitative estimate of drug-likeness (QED) is 0.504. The van der Waals surface area contributed by atoms with Gasteiger partial charge in [0.1, 0.15) is 6.04 Å². The lowest BCUT2D eigenvalue weighted by Crippen LogP contribution is -2.47. The molecule has 0 aliphatic heterocycles. The summed E-state index contributed by atoms with van der Waals surface area (Å²) in [5.41, 5.74) is 1.57. The van der Waals surface area contributed by atoms with E-state index in [0.717, 1.165) is 5.56 Å². The fraction of sp³-hybridized carbons (Fsp3) is 0.333. The zero-order valence-corrected chi connectivity index (χ0v) is 19.1. The number of thioether (sulfide) groups is 1. The van der Waals surface area contributed by atoms with Gasteiger partial charge in [0.05, 0.1) is 16.5 Å². The monoisotopic (exact) mass is 463 g/mol. The van der Waals surface area contributed by atoms with E-state index < -0.39 is 27.7 Å². The number of hydrogen-bond acceptors (Lipinski definition) is 6. The summed E-state index contributed by atoms with van der Waals surface area (Å²) in [6.45, 7) is 1.85. The Morgan fingerprint density at radius 2 is 1.90 bits per heavy atom. The van der Waals surface area contributed by atoms with Crippen LogP contribution in [0.3, 0.4) is 0 Å². The Labute approximate surface area is 185 Å². The maximum atomic E-state index is 13.0. The van der Waals surface area contributed by atoms with Crippen molar-refractivity contribution in [3.8, 4) is 0 Å². The van der Waals surface area contributed by atoms with Gasteiger partial charge in [-0.05, 0) is 43.0 Å². The van der Waals surface area contributed by atoms with Crippen LogP contribution in [0, 0.1) is 0 Å². The van der Waals surface area contributed by atoms with Gasteiger partial charge in [0.2, 0.25) is 15.9 Å². The second-order valence-electron chi connectivity index (χ2n) is 7.15. The van der Waals surface area contributed by atoms with Gasteiger partial charge in [-0.3, -0.25) is 9.36 Å². The molecule has 0 saturated heterocycles. The van der Waals surface area contributed by atoms with Crippen LogP contribution >= 0.6 is 11.8 Å². The number of fused-ring (bicyclic) bond motifs is 1. The molecule has 0 saturated carbocycles. The molecule has 10 heteroatoms. The molecule has 1 aromatic heterocycles. The number of aryl methyl sites for hydroxylation is 1. The number of nitrogens with one attached hydrogen (secondary N) is 2. The van der Waals surface area contributed by atoms with Crippen molar-refractivity contribution in [3.63, 3.8) is 0 Å². The second-order valence-corrected chi connectivity index (χ2v) is 9.85. The molecule has 2 unspecified atom stereocenters. The molecule has 2 atom stereocenters. The second kappa shape index (κ2) is 9.71. The van der Waals surface area contributed by atoms with Crippen LogP contribution in [-0.4, -0.2) is 36.9 Å². The lowest BCUT2D eigenvalue weighted by atomic mass is 10.1. The lowest BCUT2D eigenvalue weighted by molar-refractivity contribution is -0.123. The molecular weight excluding hydrogens is 438 g/mol. The van der Waals surface area contributed by atoms with Gasteiger partial charge < -0.3 is 9.73 Å². The number of aromatic nitrogens is 1. The van der Waals surface area contributed by atoms with Crippen LogP contribution < -0.4 is 15.8 Å². The molecule has 8 nitrogen and oxygen atoms in total. The van der Waals surface area contributed by atoms with Gasteiger partial charge in [0.25, 0.3) is 0 Å². The third-order valence-electron chi connectivity index (χ3n) is 4.96. The fourth-order valence-corrected chi connectivity index (χ4v) is 4.87. The Balaban J connectivity index is 1.81. The highest BCUT2D eigenvalue weighted by Crippen LogP contribution is 2.19. The van der Waals surface area contributed by atoms with Gasteiger partial charge in [-0.2, -0.15) is 16.5 Å². The number of rotatable bonds is 9. The predicted octanol–water partition coefficient (Wildman–Crippen LogP) is 2.41. The highest BCUT2D eigenvalue weighted by atomic mass is 32.2. The summed E-state index contributed by atoms with van der Waals surface area (Å²) in [5, 5.41) is 2.88. The van der Waals surface area contributed by atoms with E-state index in [2.05, 4.69) is 10.0 Å². The molecule has 3 aromatic rings. The van der Waals surface area contributed by atoms with Crippen LogP contribution in [0.15, 0.2) is 62.6 Å². The molecule has 2 aromatic carbocycles. The minimum absolute atomic E-state index is 0.0765. The van der Waals surface area contributed by atoms with E-state index >= 15 is 0 Å². The van der Waals surface area contributed by atoms with Gasteiger partial charge in [0.15, 0.2) is 5.58 Å². The standard InChI is InChI=1S/C21H25N3O5S2/c1-14(15-7-5-4-6-8-15)22-20(25)17(11-12-30-3)23-31(27,28)16-9-10-18-19(13-16)29-21(26)24(18)2/h4-10,13-14,17,23H,11-12H2,1-3H3,(H,22,25). The molecule has 0 bridgehead atoms. The Morgan fingerprint density at radius 1 is 1.19 bits per heavy atom. The molecular formula is C21H25N3O5S2. The Hall–Kier alpha value is -2.56. The Bertz CT molecular complexity index is 1220. The van der Waals surface area contributed by atoms with Gasteiger partial charge in [-0.1, -0.05) is 30.3 Å². The van der Waals surface area contributed by atoms with Crippen LogP contribution in [-0.2, 0) is 21.9 Å². The van der Waals surface area contributed by atoms with E-state index in [1.54, 1.807) is 0 Å². The fourth-order valence-electron chi connectivity index (χ4n) is 3.15. The molecule has 0 aliphatic rings. The first-order valence-electron chi connectivity index (χ1n) is 9.69. The van der Waals surface area contributed by atoms with Crippen LogP contribution in [0.1, 0.15) is 24.9 Å². The molecule has 2 N–H and O–H groups in total. The normalized spacial score (nSPS) is 13.8. The number of carbonyl (C=O) groups is 1. The van der Waals surface area contributed by atoms with Crippen molar-refractivity contribution in [1.82, 2.24) is 14.6 Å². The third-order valence-corrected chi connectivity index (χ3v) is 7.07. The molecule has 0 fully saturated rings. The van der Waals surface area contributed by atoms with E-state index in [-0.39, 0.29) is 16.5 Å². The minimum Gasteiger partial charge on any atom is -0.408 e. The molecule has 1 heterocycles. The third kappa shape index (κ3) is 5.38. The van der Waals surface area contributed by atoms with Crippen molar-refractivity contribution in [2.24, 2.45) is 7.05 Å². The molecule has 0 spiro atoms. The van der Waals surface area contributed by atoms with Crippen LogP contribution in [0.4, 0.5) is 0 Å². The summed E-state index contributed by atoms with van der Waals surface area (Å²) in [6.07, 6.45) is 2.22. The van der Waals surface area contributed by atoms with Crippen molar-refractivity contribution < 1.29 is 17.6 Å². The summed E-state index contributed by atoms with van der Waals surface area (Å²) in [6, 6.07) is 12.4. The van der Waals surface area contributed by atoms with Crippen LogP contribution in [0.25, 0.3) is 11.1 Å². The summed E-state index contributed by atoms with van der Waals surface area (Å²) in [7, 11) is -2.48. The SMILES string of the molecule is CSCCC(NS(=O)(=O)c1ccc2c(c1)oc(=O)n2C)C(=O)NC(C)c1ccccc1. The molecule has 0 aliphatic carbocycles. The summed E-state index contributed by atoms with van der Waals surface area (Å²) in [5.74, 6) is -0.377. The summed E-state index contributed by atoms with van der Waals surface area (Å²) >= 11 is 1.52. The highest BCUT2D eigenvalue weighted by Gasteiger charge is 2.27. The maximum Gasteiger partial charge on any atom is 0.419 e. The van der Waals surface area contributed by atoms with E-state index in [9.17, 15) is 18.0 Å². The van der Waals surface area contributed by atoms with Gasteiger partial charge in [-0.15, -0.1) is 0 Å². The molecule has 1 amide bonds. The number of carbonyl (C=O) groups excluding carboxylic acids is 1. The Morgan fingerprint density at radius 3 is 2.58 bits per heavy atom. The predicted molar refractivity (Wildman–Crippen MR) is 122 cm³/mol. The number of hydrogen-bond donors (Lipinski definition) is 2. The average Bonchev–Trinajstić information content (AvgIpc) is 3.04. The van der Waals surface area contributed by atoms with E-state index in [1.165, 1.54) is 41.6 Å². The smallest absolute Gasteiger partial charge is 0.408 e. The first-order valence-corrected chi connectivity index (χ1v) is 12.6. The summed E-state index contributed by atoms with van der Waals surface area (Å²) in [4.78, 5) is 24.5. The average molecular weight is 464 g/mol. The van der Waals surface area contributed by atoms with Gasteiger partial charge >= 0.3 is 5.76 Å². The van der Waals surface area contributed by atoms with Crippen molar-refractivity contribution in [1.29, 1.82) is 0 Å². The van der Waals surface area contributed by atoms with Gasteiger partial charge in [0, 0.05) is 13.1 Å². The first kappa shape index (κ1) is 23.1. The van der Waals surface area contributed by atoms with Crippen molar-refractivity contribution >= 4 is 38.8 Å². The molecule has 31 heavy (non-hydrogen) atoms. The number of oxazole rings is 1. The van der Waals surface area contributed by atoms with Crippen LogP contribution in [0.5, 0.6) is 0 Å². The van der Waals surface area contributed by atoms with Gasteiger partial charge in [-0.25, -0.2) is 13.2 Å². The molecule has 166 valence electrons. The molecule has 0 radical (unpaired) electrons. The number of nitrogens with zero attached hydrogens (tertiary/aromatic N) is 1. The molecule has 3 rings (SSSR count). The largest absolute Gasteiger partial charge is 0.419 e. The topological polar surface area (TPSA) is 110 Å². The minimum atomic E-state index is -4.02. The van der Waals surface area contributed by atoms with Crippen molar-refractivity contribution in [3.05, 3.63) is 64.6 Å². The zero-order valence-electron chi connectivity index (χ0n) is 17.5. The Kier molecular flexibility index (Phi) is 7.24. The summed E-state index contributed by atoms with van der Waals surface area (Å²) < 4.78 is 34.8. The van der Waals surface area contributed by atoms with E-state index in [1.807, 2.05) is 43.5 Å². The zero-order chi connectivity index (χ0) is 22.6. The first-order chi connectivity index (χ1) is 14.7. The maximum absolute atomic E-state index is 13.0. The number of amides is 1. The van der Waals surface area contributed by atoms with E-state index in [0.29, 0.717) is 17.7 Å². The van der Waals surface area contributed by atoms with Crippen LogP contribution in [0.2, 0.25) is 0 Å². The van der Waals surface area contributed by atoms with Crippen molar-refractivity contribution in [2.75, 3.05) is 12.0 Å². The van der Waals surface area contributed by atoms with E-state index in [4.69, 9.17) is 4.42 Å². The number of benzene rings is 2.